The molecule has 0 spiro atoms. The van der Waals surface area contributed by atoms with Crippen LogP contribution in [0.3, 0.4) is 0 Å². The van der Waals surface area contributed by atoms with Crippen molar-refractivity contribution in [1.29, 1.82) is 0 Å². The molecule has 8 heteroatoms. The van der Waals surface area contributed by atoms with E-state index in [0.29, 0.717) is 24.2 Å². The number of aliphatic hydroxyl groups excluding tert-OH is 1. The maximum Gasteiger partial charge on any atom is 0.338 e. The highest BCUT2D eigenvalue weighted by Crippen LogP contribution is 2.37. The van der Waals surface area contributed by atoms with E-state index in [0.717, 1.165) is 18.7 Å². The summed E-state index contributed by atoms with van der Waals surface area (Å²) in [5.74, 6) is 0.424. The van der Waals surface area contributed by atoms with Crippen LogP contribution in [-0.4, -0.2) is 57.3 Å². The van der Waals surface area contributed by atoms with Gasteiger partial charge in [0.1, 0.15) is 18.1 Å². The highest BCUT2D eigenvalue weighted by Gasteiger charge is 2.37. The predicted octanol–water partition coefficient (Wildman–Crippen LogP) is 4.57. The quantitative estimate of drug-likeness (QED) is 0.310. The number of aliphatic hydroxyl groups is 1. The fraction of sp³-hybridized carbons (Fsp3) is 0.464. The van der Waals surface area contributed by atoms with Gasteiger partial charge in [0.2, 0.25) is 0 Å². The van der Waals surface area contributed by atoms with Gasteiger partial charge in [-0.1, -0.05) is 61.7 Å². The Bertz CT molecular complexity index is 1090. The van der Waals surface area contributed by atoms with E-state index in [1.54, 1.807) is 42.3 Å². The lowest BCUT2D eigenvalue weighted by Crippen LogP contribution is -2.46. The normalized spacial score (nSPS) is 20.2. The van der Waals surface area contributed by atoms with Gasteiger partial charge in [-0.2, -0.15) is 0 Å². The number of likely N-dealkylation sites (tertiary alicyclic amines) is 1. The molecular formula is C28H36N4O4. The molecule has 0 radical (unpaired) electrons. The number of nitrogens with zero attached hydrogens (tertiary/aromatic N) is 4. The summed E-state index contributed by atoms with van der Waals surface area (Å²) < 4.78 is 12.5. The number of rotatable bonds is 11. The molecule has 1 aromatic heterocycles. The number of methoxy groups -OCH3 is 1. The third-order valence-electron chi connectivity index (χ3n) is 6.83. The molecule has 36 heavy (non-hydrogen) atoms. The first-order valence-electron chi connectivity index (χ1n) is 12.8. The van der Waals surface area contributed by atoms with E-state index in [9.17, 15) is 9.90 Å². The van der Waals surface area contributed by atoms with Gasteiger partial charge in [0, 0.05) is 12.6 Å². The van der Waals surface area contributed by atoms with Crippen molar-refractivity contribution in [2.75, 3.05) is 20.2 Å². The Hall–Kier alpha value is -3.23. The van der Waals surface area contributed by atoms with Crippen LogP contribution in [-0.2, 0) is 11.3 Å². The molecule has 0 amide bonds. The largest absolute Gasteiger partial charge is 0.497 e. The van der Waals surface area contributed by atoms with Gasteiger partial charge in [-0.3, -0.25) is 4.90 Å². The Labute approximate surface area is 212 Å². The first-order chi connectivity index (χ1) is 17.6. The van der Waals surface area contributed by atoms with Gasteiger partial charge in [0.05, 0.1) is 31.0 Å². The van der Waals surface area contributed by atoms with E-state index in [4.69, 9.17) is 9.47 Å². The van der Waals surface area contributed by atoms with Crippen LogP contribution >= 0.6 is 0 Å². The highest BCUT2D eigenvalue weighted by molar-refractivity contribution is 5.89. The van der Waals surface area contributed by atoms with E-state index >= 15 is 0 Å². The number of β-amino-alcohol motifs (C(OH)–C–C–N with tert-alkyl or cyclic N) is 1. The van der Waals surface area contributed by atoms with Gasteiger partial charge < -0.3 is 14.6 Å². The number of esters is 1. The number of carbonyl (C=O) groups is 1. The van der Waals surface area contributed by atoms with Gasteiger partial charge in [0.15, 0.2) is 0 Å². The summed E-state index contributed by atoms with van der Waals surface area (Å²) in [6.07, 6.45) is 6.62. The molecular weight excluding hydrogens is 456 g/mol. The van der Waals surface area contributed by atoms with Crippen LogP contribution in [0, 0.1) is 0 Å². The molecule has 1 fully saturated rings. The fourth-order valence-corrected chi connectivity index (χ4v) is 4.81. The third-order valence-corrected chi connectivity index (χ3v) is 6.83. The zero-order valence-corrected chi connectivity index (χ0v) is 21.1. The number of hydrogen-bond acceptors (Lipinski definition) is 7. The zero-order valence-electron chi connectivity index (χ0n) is 21.1. The van der Waals surface area contributed by atoms with E-state index in [-0.39, 0.29) is 18.7 Å². The van der Waals surface area contributed by atoms with Crippen LogP contribution in [0.25, 0.3) is 0 Å². The van der Waals surface area contributed by atoms with E-state index in [1.165, 1.54) is 24.8 Å². The molecule has 8 nitrogen and oxygen atoms in total. The number of aromatic nitrogens is 3. The average Bonchev–Trinajstić information content (AvgIpc) is 3.39. The minimum Gasteiger partial charge on any atom is -0.497 e. The molecule has 1 aliphatic heterocycles. The first-order valence-corrected chi connectivity index (χ1v) is 12.8. The summed E-state index contributed by atoms with van der Waals surface area (Å²) in [4.78, 5) is 14.6. The van der Waals surface area contributed by atoms with Gasteiger partial charge >= 0.3 is 5.97 Å². The molecule has 3 atom stereocenters. The number of unbranched alkanes of at least 4 members (excludes halogenated alkanes) is 3. The average molecular weight is 493 g/mol. The smallest absolute Gasteiger partial charge is 0.338 e. The summed E-state index contributed by atoms with van der Waals surface area (Å²) in [5.41, 5.74) is 2.24. The number of hydrogen-bond donors (Lipinski definition) is 1. The first kappa shape index (κ1) is 25.9. The Morgan fingerprint density at radius 3 is 2.58 bits per heavy atom. The zero-order chi connectivity index (χ0) is 25.3. The topological polar surface area (TPSA) is 89.7 Å². The minimum atomic E-state index is -0.577. The maximum absolute atomic E-state index is 12.3. The Kier molecular flexibility index (Phi) is 9.08. The van der Waals surface area contributed by atoms with Crippen LogP contribution < -0.4 is 4.74 Å². The van der Waals surface area contributed by atoms with Gasteiger partial charge in [-0.25, -0.2) is 9.48 Å². The summed E-state index contributed by atoms with van der Waals surface area (Å²) in [5, 5.41) is 19.6. The van der Waals surface area contributed by atoms with Gasteiger partial charge in [-0.05, 0) is 49.2 Å². The standard InChI is InChI=1S/C28H36N4O4/c1-3-4-5-9-16-31-19-27(33)26(17-25(31)21-12-14-24(35-2)15-13-21)32-18-23(29-30-32)20-36-28(34)22-10-7-6-8-11-22/h6-8,10-15,18,25-27,33H,3-5,9,16-17,19-20H2,1-2H3/t25-,26-,27-/m1/s1. The van der Waals surface area contributed by atoms with E-state index < -0.39 is 12.1 Å². The van der Waals surface area contributed by atoms with Crippen LogP contribution in [0.15, 0.2) is 60.8 Å². The second-order valence-corrected chi connectivity index (χ2v) is 9.35. The summed E-state index contributed by atoms with van der Waals surface area (Å²) >= 11 is 0. The lowest BCUT2D eigenvalue weighted by Gasteiger charge is -2.42. The molecule has 1 N–H and O–H groups in total. The van der Waals surface area contributed by atoms with Crippen molar-refractivity contribution in [3.05, 3.63) is 77.6 Å². The Morgan fingerprint density at radius 1 is 1.08 bits per heavy atom. The SMILES string of the molecule is CCCCCCN1C[C@@H](O)[C@H](n2cc(COC(=O)c3ccccc3)nn2)C[C@@H]1c1ccc(OC)cc1. The van der Waals surface area contributed by atoms with Crippen molar-refractivity contribution in [3.63, 3.8) is 0 Å². The van der Waals surface area contributed by atoms with Crippen molar-refractivity contribution in [3.8, 4) is 5.75 Å². The van der Waals surface area contributed by atoms with E-state index in [2.05, 4.69) is 34.3 Å². The number of ether oxygens (including phenoxy) is 2. The molecule has 2 heterocycles. The molecule has 192 valence electrons. The van der Waals surface area contributed by atoms with Crippen LogP contribution in [0.5, 0.6) is 5.75 Å². The lowest BCUT2D eigenvalue weighted by atomic mass is 9.89. The number of piperidine rings is 1. The molecule has 0 bridgehead atoms. The van der Waals surface area contributed by atoms with Gasteiger partial charge in [0.25, 0.3) is 0 Å². The molecule has 0 aliphatic carbocycles. The summed E-state index contributed by atoms with van der Waals surface area (Å²) in [6.45, 7) is 3.75. The molecule has 0 saturated carbocycles. The molecule has 1 aliphatic rings. The maximum atomic E-state index is 12.3. The number of carbonyl (C=O) groups excluding carboxylic acids is 1. The number of benzene rings is 2. The molecule has 0 unspecified atom stereocenters. The van der Waals surface area contributed by atoms with Crippen LogP contribution in [0.1, 0.15) is 72.7 Å². The second-order valence-electron chi connectivity index (χ2n) is 9.35. The third kappa shape index (κ3) is 6.50. The van der Waals surface area contributed by atoms with Crippen molar-refractivity contribution in [2.24, 2.45) is 0 Å². The molecule has 4 rings (SSSR count). The van der Waals surface area contributed by atoms with Gasteiger partial charge in [-0.15, -0.1) is 5.10 Å². The second kappa shape index (κ2) is 12.6. The van der Waals surface area contributed by atoms with Crippen LogP contribution in [0.2, 0.25) is 0 Å². The van der Waals surface area contributed by atoms with Crippen molar-refractivity contribution in [2.45, 2.75) is 63.8 Å². The lowest BCUT2D eigenvalue weighted by molar-refractivity contribution is -0.0102. The Balaban J connectivity index is 1.45. The van der Waals surface area contributed by atoms with Crippen LogP contribution in [0.4, 0.5) is 0 Å². The fourth-order valence-electron chi connectivity index (χ4n) is 4.81. The van der Waals surface area contributed by atoms with Crippen molar-refractivity contribution >= 4 is 5.97 Å². The predicted molar refractivity (Wildman–Crippen MR) is 137 cm³/mol. The molecule has 1 saturated heterocycles. The summed E-state index contributed by atoms with van der Waals surface area (Å²) in [7, 11) is 1.67. The molecule has 2 aromatic carbocycles. The minimum absolute atomic E-state index is 0.0298. The Morgan fingerprint density at radius 2 is 1.86 bits per heavy atom. The highest BCUT2D eigenvalue weighted by atomic mass is 16.5. The van der Waals surface area contributed by atoms with Crippen molar-refractivity contribution in [1.82, 2.24) is 19.9 Å². The van der Waals surface area contributed by atoms with Crippen molar-refractivity contribution < 1.29 is 19.4 Å². The molecule has 3 aromatic rings. The monoisotopic (exact) mass is 492 g/mol. The van der Waals surface area contributed by atoms with E-state index in [1.807, 2.05) is 18.2 Å². The summed E-state index contributed by atoms with van der Waals surface area (Å²) in [6, 6.07) is 17.0.